The number of thiazole rings is 1. The molecule has 4 nitrogen and oxygen atoms in total. The molecule has 5 heteroatoms. The van der Waals surface area contributed by atoms with Gasteiger partial charge in [0.25, 0.3) is 0 Å². The minimum absolute atomic E-state index is 0.228. The molecule has 0 unspecified atom stereocenters. The van der Waals surface area contributed by atoms with Gasteiger partial charge in [0.05, 0.1) is 17.3 Å². The highest BCUT2D eigenvalue weighted by Crippen LogP contribution is 2.32. The first-order valence-electron chi connectivity index (χ1n) is 7.32. The van der Waals surface area contributed by atoms with Crippen molar-refractivity contribution in [2.45, 2.75) is 13.8 Å². The Balaban J connectivity index is 2.07. The molecule has 2 aromatic carbocycles. The fourth-order valence-corrected chi connectivity index (χ4v) is 3.37. The molecular weight excluding hydrogens is 320 g/mol. The molecule has 0 spiro atoms. The van der Waals surface area contributed by atoms with E-state index >= 15 is 0 Å². The van der Waals surface area contributed by atoms with Crippen LogP contribution in [0, 0.1) is 25.2 Å². The third-order valence-corrected chi connectivity index (χ3v) is 4.93. The second kappa shape index (κ2) is 6.26. The van der Waals surface area contributed by atoms with Crippen LogP contribution in [0.25, 0.3) is 21.7 Å². The first-order valence-corrected chi connectivity index (χ1v) is 8.13. The van der Waals surface area contributed by atoms with Crippen molar-refractivity contribution in [2.75, 3.05) is 0 Å². The van der Waals surface area contributed by atoms with Gasteiger partial charge in [-0.25, -0.2) is 9.78 Å². The van der Waals surface area contributed by atoms with E-state index in [1.165, 1.54) is 0 Å². The quantitative estimate of drug-likeness (QED) is 0.755. The van der Waals surface area contributed by atoms with Gasteiger partial charge >= 0.3 is 5.97 Å². The smallest absolute Gasteiger partial charge is 0.347 e. The number of carbonyl (C=O) groups is 1. The summed E-state index contributed by atoms with van der Waals surface area (Å²) in [6, 6.07) is 15.7. The second-order valence-electron chi connectivity index (χ2n) is 5.48. The number of nitrogens with zero attached hydrogens (tertiary/aromatic N) is 2. The molecule has 0 radical (unpaired) electrons. The Labute approximate surface area is 143 Å². The molecule has 1 heterocycles. The molecule has 0 aliphatic heterocycles. The number of aromatic carboxylic acids is 1. The van der Waals surface area contributed by atoms with E-state index in [0.29, 0.717) is 16.3 Å². The molecule has 24 heavy (non-hydrogen) atoms. The number of hydrogen-bond acceptors (Lipinski definition) is 4. The maximum Gasteiger partial charge on any atom is 0.347 e. The summed E-state index contributed by atoms with van der Waals surface area (Å²) in [5.74, 6) is -0.979. The minimum Gasteiger partial charge on any atom is -0.477 e. The Bertz CT molecular complexity index is 966. The number of hydrogen-bond donors (Lipinski definition) is 1. The van der Waals surface area contributed by atoms with Crippen LogP contribution < -0.4 is 0 Å². The molecule has 1 N–H and O–H groups in total. The lowest BCUT2D eigenvalue weighted by Crippen LogP contribution is -1.94. The monoisotopic (exact) mass is 334 g/mol. The van der Waals surface area contributed by atoms with Crippen LogP contribution in [0.4, 0.5) is 0 Å². The zero-order chi connectivity index (χ0) is 17.3. The van der Waals surface area contributed by atoms with E-state index in [1.54, 1.807) is 13.0 Å². The van der Waals surface area contributed by atoms with Gasteiger partial charge in [-0.3, -0.25) is 0 Å². The highest BCUT2D eigenvalue weighted by Gasteiger charge is 2.16. The van der Waals surface area contributed by atoms with Gasteiger partial charge in [-0.2, -0.15) is 5.26 Å². The number of aromatic nitrogens is 1. The van der Waals surface area contributed by atoms with Gasteiger partial charge in [0.15, 0.2) is 0 Å². The first kappa shape index (κ1) is 15.9. The molecule has 118 valence electrons. The highest BCUT2D eigenvalue weighted by atomic mass is 32.1. The molecule has 0 bridgehead atoms. The molecule has 1 aromatic heterocycles. The average Bonchev–Trinajstić information content (AvgIpc) is 2.97. The van der Waals surface area contributed by atoms with E-state index in [9.17, 15) is 10.1 Å². The lowest BCUT2D eigenvalue weighted by atomic mass is 9.97. The van der Waals surface area contributed by atoms with Gasteiger partial charge in [0, 0.05) is 5.56 Å². The fraction of sp³-hybridized carbons (Fsp3) is 0.105. The van der Waals surface area contributed by atoms with Crippen LogP contribution in [0.3, 0.4) is 0 Å². The molecule has 0 amide bonds. The summed E-state index contributed by atoms with van der Waals surface area (Å²) in [5.41, 5.74) is 4.78. The zero-order valence-corrected chi connectivity index (χ0v) is 14.0. The van der Waals surface area contributed by atoms with Gasteiger partial charge < -0.3 is 5.11 Å². The third-order valence-electron chi connectivity index (χ3n) is 3.74. The number of nitriles is 1. The number of carboxylic acid groups (broad SMARTS) is 1. The van der Waals surface area contributed by atoms with Crippen LogP contribution in [-0.4, -0.2) is 16.1 Å². The minimum atomic E-state index is -0.979. The summed E-state index contributed by atoms with van der Waals surface area (Å²) in [7, 11) is 0. The third kappa shape index (κ3) is 2.92. The summed E-state index contributed by atoms with van der Waals surface area (Å²) in [5, 5.41) is 19.3. The van der Waals surface area contributed by atoms with Gasteiger partial charge in [-0.15, -0.1) is 11.3 Å². The fourth-order valence-electron chi connectivity index (χ4n) is 2.47. The Morgan fingerprint density at radius 1 is 1.12 bits per heavy atom. The van der Waals surface area contributed by atoms with E-state index in [-0.39, 0.29) is 4.88 Å². The Kier molecular flexibility index (Phi) is 4.15. The van der Waals surface area contributed by atoms with Crippen molar-refractivity contribution in [1.82, 2.24) is 4.98 Å². The molecule has 0 atom stereocenters. The van der Waals surface area contributed by atoms with Crippen molar-refractivity contribution < 1.29 is 9.90 Å². The number of aryl methyl sites for hydroxylation is 2. The highest BCUT2D eigenvalue weighted by molar-refractivity contribution is 7.17. The van der Waals surface area contributed by atoms with E-state index in [0.717, 1.165) is 33.6 Å². The lowest BCUT2D eigenvalue weighted by Gasteiger charge is -2.06. The molecule has 3 aromatic rings. The Morgan fingerprint density at radius 2 is 1.79 bits per heavy atom. The molecule has 0 fully saturated rings. The average molecular weight is 334 g/mol. The molecule has 0 aliphatic carbocycles. The van der Waals surface area contributed by atoms with Crippen LogP contribution in [-0.2, 0) is 0 Å². The van der Waals surface area contributed by atoms with Crippen molar-refractivity contribution in [2.24, 2.45) is 0 Å². The van der Waals surface area contributed by atoms with Crippen molar-refractivity contribution in [3.05, 3.63) is 64.2 Å². The number of benzene rings is 2. The zero-order valence-electron chi connectivity index (χ0n) is 13.2. The van der Waals surface area contributed by atoms with E-state index in [4.69, 9.17) is 5.11 Å². The van der Waals surface area contributed by atoms with Crippen LogP contribution in [0.5, 0.6) is 0 Å². The van der Waals surface area contributed by atoms with Crippen LogP contribution in [0.15, 0.2) is 42.5 Å². The van der Waals surface area contributed by atoms with Crippen molar-refractivity contribution in [3.8, 4) is 27.8 Å². The second-order valence-corrected chi connectivity index (χ2v) is 6.48. The summed E-state index contributed by atoms with van der Waals surface area (Å²) >= 11 is 1.12. The summed E-state index contributed by atoms with van der Waals surface area (Å²) in [6.45, 7) is 3.69. The topological polar surface area (TPSA) is 74.0 Å². The van der Waals surface area contributed by atoms with Gasteiger partial charge in [-0.1, -0.05) is 42.0 Å². The first-order chi connectivity index (χ1) is 11.5. The van der Waals surface area contributed by atoms with Crippen molar-refractivity contribution in [1.29, 1.82) is 5.26 Å². The van der Waals surface area contributed by atoms with Gasteiger partial charge in [0.1, 0.15) is 9.88 Å². The Hall–Kier alpha value is -2.97. The van der Waals surface area contributed by atoms with Gasteiger partial charge in [-0.05, 0) is 31.0 Å². The largest absolute Gasteiger partial charge is 0.477 e. The summed E-state index contributed by atoms with van der Waals surface area (Å²) in [4.78, 5) is 15.7. The molecule has 0 aliphatic rings. The Morgan fingerprint density at radius 3 is 2.38 bits per heavy atom. The van der Waals surface area contributed by atoms with Crippen molar-refractivity contribution >= 4 is 17.3 Å². The van der Waals surface area contributed by atoms with E-state index in [1.807, 2.05) is 43.3 Å². The maximum atomic E-state index is 11.2. The normalized spacial score (nSPS) is 10.4. The van der Waals surface area contributed by atoms with Crippen LogP contribution in [0.2, 0.25) is 0 Å². The lowest BCUT2D eigenvalue weighted by molar-refractivity contribution is 0.0701. The van der Waals surface area contributed by atoms with Crippen molar-refractivity contribution in [3.63, 3.8) is 0 Å². The van der Waals surface area contributed by atoms with E-state index < -0.39 is 5.97 Å². The standard InChI is InChI=1S/C19H14N2O2S/c1-11-3-5-13(6-4-11)16-8-7-14(9-15(16)10-20)18-21-12(2)17(24-18)19(22)23/h3-9H,1-2H3,(H,22,23). The predicted octanol–water partition coefficient (Wildman–Crippen LogP) is 4.66. The summed E-state index contributed by atoms with van der Waals surface area (Å²) < 4.78 is 0. The number of rotatable bonds is 3. The van der Waals surface area contributed by atoms with Gasteiger partial charge in [0.2, 0.25) is 0 Å². The predicted molar refractivity (Wildman–Crippen MR) is 94.1 cm³/mol. The molecule has 0 saturated carbocycles. The molecular formula is C19H14N2O2S. The van der Waals surface area contributed by atoms with Crippen LogP contribution in [0.1, 0.15) is 26.5 Å². The van der Waals surface area contributed by atoms with E-state index in [2.05, 4.69) is 11.1 Å². The van der Waals surface area contributed by atoms with Crippen LogP contribution >= 0.6 is 11.3 Å². The molecule has 0 saturated heterocycles. The maximum absolute atomic E-state index is 11.2. The summed E-state index contributed by atoms with van der Waals surface area (Å²) in [6.07, 6.45) is 0. The number of carboxylic acids is 1. The SMILES string of the molecule is Cc1ccc(-c2ccc(-c3nc(C)c(C(=O)O)s3)cc2C#N)cc1. The molecule has 3 rings (SSSR count).